The highest BCUT2D eigenvalue weighted by atomic mass is 16.6. The quantitative estimate of drug-likeness (QED) is 0.685. The molecule has 1 aromatic heterocycles. The second-order valence-corrected chi connectivity index (χ2v) is 5.93. The highest BCUT2D eigenvalue weighted by Crippen LogP contribution is 2.07. The predicted octanol–water partition coefficient (Wildman–Crippen LogP) is 1.90. The first kappa shape index (κ1) is 18.4. The minimum atomic E-state index is -1.05. The van der Waals surface area contributed by atoms with Crippen LogP contribution in [-0.2, 0) is 9.53 Å². The van der Waals surface area contributed by atoms with Crippen LogP contribution in [0.2, 0.25) is 0 Å². The molecule has 0 saturated carbocycles. The van der Waals surface area contributed by atoms with Crippen LogP contribution in [0.1, 0.15) is 33.4 Å². The Hall–Kier alpha value is -2.64. The first-order valence-corrected chi connectivity index (χ1v) is 7.12. The van der Waals surface area contributed by atoms with Gasteiger partial charge in [-0.05, 0) is 33.8 Å². The van der Waals surface area contributed by atoms with Crippen molar-refractivity contribution in [3.05, 3.63) is 24.2 Å². The predicted molar refractivity (Wildman–Crippen MR) is 86.0 cm³/mol. The normalized spacial score (nSPS) is 12.7. The van der Waals surface area contributed by atoms with Crippen molar-refractivity contribution in [3.8, 4) is 0 Å². The number of nitrogens with zero attached hydrogens (tertiary/aromatic N) is 2. The molecule has 0 aliphatic heterocycles. The summed E-state index contributed by atoms with van der Waals surface area (Å²) in [6.07, 6.45) is 4.81. The van der Waals surface area contributed by atoms with Crippen LogP contribution in [0, 0.1) is 0 Å². The Morgan fingerprint density at radius 1 is 1.35 bits per heavy atom. The zero-order valence-electron chi connectivity index (χ0n) is 13.7. The number of hydrogen-bond donors (Lipinski definition) is 3. The number of carbonyl (C=O) groups is 2. The van der Waals surface area contributed by atoms with Gasteiger partial charge >= 0.3 is 12.1 Å². The van der Waals surface area contributed by atoms with E-state index in [2.05, 4.69) is 20.6 Å². The van der Waals surface area contributed by atoms with E-state index in [4.69, 9.17) is 9.84 Å². The maximum absolute atomic E-state index is 11.5. The van der Waals surface area contributed by atoms with Gasteiger partial charge in [0.05, 0.1) is 18.1 Å². The highest BCUT2D eigenvalue weighted by Gasteiger charge is 2.16. The molecule has 0 aliphatic carbocycles. The van der Waals surface area contributed by atoms with Gasteiger partial charge in [0.15, 0.2) is 0 Å². The maximum atomic E-state index is 11.5. The van der Waals surface area contributed by atoms with Gasteiger partial charge in [-0.25, -0.2) is 14.6 Å². The topological polar surface area (TPSA) is 113 Å². The van der Waals surface area contributed by atoms with Gasteiger partial charge in [0.2, 0.25) is 0 Å². The monoisotopic (exact) mass is 322 g/mol. The summed E-state index contributed by atoms with van der Waals surface area (Å²) in [6.45, 7) is 7.62. The molecule has 0 saturated heterocycles. The molecule has 0 spiro atoms. The van der Waals surface area contributed by atoms with Crippen LogP contribution >= 0.6 is 0 Å². The third-order valence-corrected chi connectivity index (χ3v) is 2.41. The number of amides is 1. The molecule has 0 bridgehead atoms. The van der Waals surface area contributed by atoms with Gasteiger partial charge in [-0.3, -0.25) is 4.98 Å². The van der Waals surface area contributed by atoms with E-state index < -0.39 is 17.7 Å². The fourth-order valence-electron chi connectivity index (χ4n) is 1.51. The van der Waals surface area contributed by atoms with Gasteiger partial charge < -0.3 is 20.5 Å². The molecular formula is C15H22N4O4. The number of aromatic nitrogens is 2. The molecule has 3 N–H and O–H groups in total. The van der Waals surface area contributed by atoms with Crippen molar-refractivity contribution in [1.82, 2.24) is 15.3 Å². The van der Waals surface area contributed by atoms with E-state index in [9.17, 15) is 9.59 Å². The lowest BCUT2D eigenvalue weighted by atomic mass is 10.2. The average molecular weight is 322 g/mol. The smallest absolute Gasteiger partial charge is 0.407 e. The lowest BCUT2D eigenvalue weighted by Crippen LogP contribution is -2.38. The van der Waals surface area contributed by atoms with Gasteiger partial charge in [-0.2, -0.15) is 0 Å². The number of carbonyl (C=O) groups excluding carboxylic acids is 1. The van der Waals surface area contributed by atoms with Crippen LogP contribution in [-0.4, -0.2) is 45.3 Å². The zero-order valence-corrected chi connectivity index (χ0v) is 13.7. The summed E-state index contributed by atoms with van der Waals surface area (Å²) in [7, 11) is 0. The first-order valence-electron chi connectivity index (χ1n) is 7.12. The fraction of sp³-hybridized carbons (Fsp3) is 0.467. The summed E-state index contributed by atoms with van der Waals surface area (Å²) in [5.74, 6) is -0.521. The van der Waals surface area contributed by atoms with Crippen molar-refractivity contribution in [3.63, 3.8) is 0 Å². The Balaban J connectivity index is 2.44. The summed E-state index contributed by atoms with van der Waals surface area (Å²) in [5.41, 5.74) is -0.0941. The largest absolute Gasteiger partial charge is 0.478 e. The van der Waals surface area contributed by atoms with Crippen LogP contribution < -0.4 is 10.6 Å². The van der Waals surface area contributed by atoms with Gasteiger partial charge in [-0.1, -0.05) is 0 Å². The molecule has 8 heteroatoms. The molecule has 1 rings (SSSR count). The molecule has 1 aromatic rings. The highest BCUT2D eigenvalue weighted by molar-refractivity contribution is 5.84. The van der Waals surface area contributed by atoms with Crippen LogP contribution in [0.4, 0.5) is 10.6 Å². The Bertz CT molecular complexity index is 564. The van der Waals surface area contributed by atoms with E-state index in [0.29, 0.717) is 18.1 Å². The van der Waals surface area contributed by atoms with Gasteiger partial charge in [0, 0.05) is 18.7 Å². The minimum absolute atomic E-state index is 0.0859. The molecule has 126 valence electrons. The first-order chi connectivity index (χ1) is 10.7. The molecule has 0 aromatic carbocycles. The van der Waals surface area contributed by atoms with Crippen molar-refractivity contribution in [2.45, 2.75) is 39.3 Å². The number of rotatable bonds is 6. The van der Waals surface area contributed by atoms with E-state index in [0.717, 1.165) is 6.08 Å². The van der Waals surface area contributed by atoms with Crippen molar-refractivity contribution in [2.24, 2.45) is 0 Å². The van der Waals surface area contributed by atoms with Crippen molar-refractivity contribution in [2.75, 3.05) is 11.9 Å². The molecule has 8 nitrogen and oxygen atoms in total. The molecule has 23 heavy (non-hydrogen) atoms. The van der Waals surface area contributed by atoms with Gasteiger partial charge in [0.1, 0.15) is 11.4 Å². The Kier molecular flexibility index (Phi) is 6.49. The van der Waals surface area contributed by atoms with E-state index in [1.54, 1.807) is 20.8 Å². The van der Waals surface area contributed by atoms with Crippen LogP contribution in [0.25, 0.3) is 6.08 Å². The molecule has 0 radical (unpaired) electrons. The summed E-state index contributed by atoms with van der Waals surface area (Å²) >= 11 is 0. The fourth-order valence-corrected chi connectivity index (χ4v) is 1.51. The minimum Gasteiger partial charge on any atom is -0.478 e. The number of anilines is 1. The van der Waals surface area contributed by atoms with E-state index in [-0.39, 0.29) is 6.04 Å². The Morgan fingerprint density at radius 3 is 2.57 bits per heavy atom. The number of nitrogens with one attached hydrogen (secondary N) is 2. The third kappa shape index (κ3) is 8.40. The van der Waals surface area contributed by atoms with Crippen molar-refractivity contribution < 1.29 is 19.4 Å². The van der Waals surface area contributed by atoms with Crippen LogP contribution in [0.3, 0.4) is 0 Å². The number of carboxylic acid groups (broad SMARTS) is 1. The molecule has 1 atom stereocenters. The second kappa shape index (κ2) is 8.11. The average Bonchev–Trinajstić information content (AvgIpc) is 2.42. The standard InChI is InChI=1S/C15H22N4O4/c1-10(7-18-14(22)23-15(2,3)4)19-12-9-16-11(8-17-12)5-6-13(20)21/h5-6,8-10H,7H2,1-4H3,(H,17,19)(H,18,22)(H,20,21)/b6-5+/t10-/m1/s1. The SMILES string of the molecule is C[C@H](CNC(=O)OC(C)(C)C)Nc1cnc(/C=C/C(=O)O)cn1. The summed E-state index contributed by atoms with van der Waals surface area (Å²) in [4.78, 5) is 30.1. The number of aliphatic carboxylic acids is 1. The second-order valence-electron chi connectivity index (χ2n) is 5.93. The van der Waals surface area contributed by atoms with Crippen molar-refractivity contribution >= 4 is 24.0 Å². The lowest BCUT2D eigenvalue weighted by Gasteiger charge is -2.21. The molecule has 0 fully saturated rings. The lowest BCUT2D eigenvalue weighted by molar-refractivity contribution is -0.131. The third-order valence-electron chi connectivity index (χ3n) is 2.41. The summed E-state index contributed by atoms with van der Waals surface area (Å²) in [6, 6.07) is -0.0859. The number of ether oxygens (including phenoxy) is 1. The number of carboxylic acids is 1. The number of alkyl carbamates (subject to hydrolysis) is 1. The molecule has 0 aliphatic rings. The van der Waals surface area contributed by atoms with E-state index >= 15 is 0 Å². The van der Waals surface area contributed by atoms with Gasteiger partial charge in [-0.15, -0.1) is 0 Å². The van der Waals surface area contributed by atoms with Gasteiger partial charge in [0.25, 0.3) is 0 Å². The van der Waals surface area contributed by atoms with E-state index in [1.807, 2.05) is 6.92 Å². The van der Waals surface area contributed by atoms with Crippen LogP contribution in [0.5, 0.6) is 0 Å². The molecular weight excluding hydrogens is 300 g/mol. The zero-order chi connectivity index (χ0) is 17.5. The van der Waals surface area contributed by atoms with Crippen LogP contribution in [0.15, 0.2) is 18.5 Å². The Morgan fingerprint density at radius 2 is 2.04 bits per heavy atom. The summed E-state index contributed by atoms with van der Waals surface area (Å²) in [5, 5.41) is 14.3. The number of hydrogen-bond acceptors (Lipinski definition) is 6. The van der Waals surface area contributed by atoms with E-state index in [1.165, 1.54) is 18.5 Å². The Labute approximate surface area is 135 Å². The molecule has 1 amide bonds. The molecule has 1 heterocycles. The maximum Gasteiger partial charge on any atom is 0.407 e. The van der Waals surface area contributed by atoms with Crippen molar-refractivity contribution in [1.29, 1.82) is 0 Å². The summed E-state index contributed by atoms with van der Waals surface area (Å²) < 4.78 is 5.14. The molecule has 0 unspecified atom stereocenters.